The standard InChI is InChI=1S/C38H52O11/c1-8-9-10-11-12-13-14-15-16-17-18-19-35-45-31-27-30-34(21-39,44-30)32-38(47-33(7,42)46-32)26(20-23(4)28(38)41)37(27,49-35)24(5)29(43-25(6)40)36(31,48-35)22(2)3/h16-20,24,26-27,29-32,39,42H,2,8-15,21H2,1,3-7H3/b17-16+,19-18+/t24-,26+,27+,29-,30+,31-,32-,33+,34+,35+,36+,37?,38?/m1/s1. The largest absolute Gasteiger partial charge is 0.459 e. The summed E-state index contributed by atoms with van der Waals surface area (Å²) in [5, 5.41) is 22.2. The molecule has 2 unspecified atom stereocenters. The van der Waals surface area contributed by atoms with E-state index in [-0.39, 0.29) is 0 Å². The Morgan fingerprint density at radius 1 is 1.02 bits per heavy atom. The van der Waals surface area contributed by atoms with Crippen LogP contribution in [0.3, 0.4) is 0 Å². The van der Waals surface area contributed by atoms with Crippen molar-refractivity contribution < 1.29 is 53.0 Å². The third kappa shape index (κ3) is 4.76. The van der Waals surface area contributed by atoms with Crippen LogP contribution in [0.25, 0.3) is 0 Å². The molecule has 11 nitrogen and oxygen atoms in total. The molecule has 0 aromatic rings. The summed E-state index contributed by atoms with van der Waals surface area (Å²) in [4.78, 5) is 27.1. The van der Waals surface area contributed by atoms with E-state index in [4.69, 9.17) is 33.2 Å². The van der Waals surface area contributed by atoms with Gasteiger partial charge in [0.05, 0.1) is 12.2 Å². The number of esters is 1. The maximum absolute atomic E-state index is 14.4. The molecule has 49 heavy (non-hydrogen) atoms. The number of allylic oxidation sites excluding steroid dienone is 3. The van der Waals surface area contributed by atoms with Gasteiger partial charge in [-0.1, -0.05) is 83.3 Å². The molecule has 3 aliphatic carbocycles. The molecule has 11 heteroatoms. The molecular weight excluding hydrogens is 632 g/mol. The van der Waals surface area contributed by atoms with Crippen LogP contribution in [0.15, 0.2) is 48.1 Å². The van der Waals surface area contributed by atoms with E-state index in [0.717, 1.165) is 12.8 Å². The number of ether oxygens (including phenoxy) is 7. The van der Waals surface area contributed by atoms with Crippen molar-refractivity contribution in [1.29, 1.82) is 0 Å². The van der Waals surface area contributed by atoms with Crippen LogP contribution in [0.4, 0.5) is 0 Å². The maximum Gasteiger partial charge on any atom is 0.307 e. The Labute approximate surface area is 288 Å². The van der Waals surface area contributed by atoms with Gasteiger partial charge in [-0.05, 0) is 37.8 Å². The van der Waals surface area contributed by atoms with E-state index in [1.807, 2.05) is 32.1 Å². The average Bonchev–Trinajstić information content (AvgIpc) is 3.54. The molecule has 6 fully saturated rings. The number of aliphatic hydroxyl groups excluding tert-OH is 1. The zero-order valence-electron chi connectivity index (χ0n) is 29.6. The van der Waals surface area contributed by atoms with Gasteiger partial charge in [-0.2, -0.15) is 0 Å². The summed E-state index contributed by atoms with van der Waals surface area (Å²) >= 11 is 0. The van der Waals surface area contributed by atoms with Crippen molar-refractivity contribution in [3.8, 4) is 0 Å². The van der Waals surface area contributed by atoms with Crippen LogP contribution in [0.1, 0.15) is 92.9 Å². The summed E-state index contributed by atoms with van der Waals surface area (Å²) in [6, 6.07) is 0. The lowest BCUT2D eigenvalue weighted by Crippen LogP contribution is -2.76. The third-order valence-corrected chi connectivity index (χ3v) is 12.2. The van der Waals surface area contributed by atoms with E-state index in [1.54, 1.807) is 13.0 Å². The van der Waals surface area contributed by atoms with Crippen LogP contribution in [0, 0.1) is 17.8 Å². The summed E-state index contributed by atoms with van der Waals surface area (Å²) in [5.74, 6) is -7.02. The second kappa shape index (κ2) is 11.9. The first kappa shape index (κ1) is 35.2. The number of carbonyl (C=O) groups is 2. The Hall–Kier alpha value is -2.22. The van der Waals surface area contributed by atoms with E-state index < -0.39 is 94.9 Å². The number of hydrogen-bond acceptors (Lipinski definition) is 11. The van der Waals surface area contributed by atoms with Crippen molar-refractivity contribution in [2.75, 3.05) is 6.61 Å². The van der Waals surface area contributed by atoms with E-state index in [9.17, 15) is 19.8 Å². The van der Waals surface area contributed by atoms with Gasteiger partial charge in [0.25, 0.3) is 5.97 Å². The first-order valence-electron chi connectivity index (χ1n) is 18.1. The van der Waals surface area contributed by atoms with Crippen LogP contribution < -0.4 is 0 Å². The third-order valence-electron chi connectivity index (χ3n) is 12.2. The Morgan fingerprint density at radius 3 is 2.41 bits per heavy atom. The lowest BCUT2D eigenvalue weighted by Gasteiger charge is -2.61. The Kier molecular flexibility index (Phi) is 8.56. The highest BCUT2D eigenvalue weighted by atomic mass is 16.9. The fraction of sp³-hybridized carbons (Fsp3) is 0.737. The van der Waals surface area contributed by atoms with Crippen molar-refractivity contribution in [3.63, 3.8) is 0 Å². The molecule has 1 spiro atoms. The minimum absolute atomic E-state index is 0.394. The number of hydrogen-bond donors (Lipinski definition) is 2. The lowest BCUT2D eigenvalue weighted by atomic mass is 9.53. The van der Waals surface area contributed by atoms with Gasteiger partial charge >= 0.3 is 11.9 Å². The molecule has 4 saturated heterocycles. The molecule has 13 atom stereocenters. The number of unbranched alkanes of at least 4 members (excludes halogenated alkanes) is 7. The SMILES string of the molecule is C=C(C)[C@@]12O[C@]3(/C=C/C=C/CCCCCCCCC)O[C@@H]1[C@@H]1[C@@H]4O[C@]4(CO)[C@H]4O[C@](C)(O)OC45C(=O)C(C)=C[C@H]5C1(O3)[C@H](C)[C@H]2OC(C)=O. The van der Waals surface area contributed by atoms with Crippen LogP contribution in [-0.2, 0) is 42.7 Å². The van der Waals surface area contributed by atoms with Gasteiger partial charge in [-0.3, -0.25) is 9.59 Å². The summed E-state index contributed by atoms with van der Waals surface area (Å²) in [7, 11) is 0. The van der Waals surface area contributed by atoms with Crippen LogP contribution in [0.5, 0.6) is 0 Å². The van der Waals surface area contributed by atoms with Crippen molar-refractivity contribution in [3.05, 3.63) is 48.1 Å². The summed E-state index contributed by atoms with van der Waals surface area (Å²) in [6.45, 7) is 14.1. The fourth-order valence-corrected chi connectivity index (χ4v) is 10.2. The van der Waals surface area contributed by atoms with Gasteiger partial charge in [-0.15, -0.1) is 0 Å². The molecule has 0 amide bonds. The second-order valence-electron chi connectivity index (χ2n) is 15.4. The van der Waals surface area contributed by atoms with Gasteiger partial charge in [0.1, 0.15) is 30.0 Å². The van der Waals surface area contributed by atoms with Crippen molar-refractivity contribution >= 4 is 11.8 Å². The normalized spacial score (nSPS) is 48.7. The van der Waals surface area contributed by atoms with Crippen LogP contribution in [0.2, 0.25) is 0 Å². The number of carbonyl (C=O) groups excluding carboxylic acids is 2. The van der Waals surface area contributed by atoms with Crippen molar-refractivity contribution in [1.82, 2.24) is 0 Å². The molecular formula is C38H52O11. The number of rotatable bonds is 13. The van der Waals surface area contributed by atoms with E-state index in [2.05, 4.69) is 19.6 Å². The monoisotopic (exact) mass is 684 g/mol. The van der Waals surface area contributed by atoms with Crippen molar-refractivity contribution in [2.45, 2.75) is 152 Å². The predicted molar refractivity (Wildman–Crippen MR) is 175 cm³/mol. The number of epoxide rings is 1. The summed E-state index contributed by atoms with van der Waals surface area (Å²) < 4.78 is 45.9. The quantitative estimate of drug-likeness (QED) is 0.0917. The summed E-state index contributed by atoms with van der Waals surface area (Å²) in [5.41, 5.74) is -5.04. The highest BCUT2D eigenvalue weighted by Gasteiger charge is 2.92. The molecule has 270 valence electrons. The zero-order chi connectivity index (χ0) is 35.2. The first-order valence-corrected chi connectivity index (χ1v) is 18.1. The molecule has 0 aromatic carbocycles. The predicted octanol–water partition coefficient (Wildman–Crippen LogP) is 4.70. The van der Waals surface area contributed by atoms with Crippen molar-refractivity contribution in [2.24, 2.45) is 17.8 Å². The molecule has 4 heterocycles. The molecule has 3 bridgehead atoms. The summed E-state index contributed by atoms with van der Waals surface area (Å²) in [6.07, 6.45) is 15.3. The number of ketones is 1. The number of Topliss-reactive ketones (excluding diaryl/α,β-unsaturated/α-hetero) is 1. The minimum atomic E-state index is -2.16. The Bertz CT molecular complexity index is 1480. The Morgan fingerprint density at radius 2 is 1.73 bits per heavy atom. The average molecular weight is 685 g/mol. The number of aliphatic hydroxyl groups is 2. The molecule has 7 aliphatic rings. The minimum Gasteiger partial charge on any atom is -0.459 e. The maximum atomic E-state index is 14.4. The molecule has 0 aromatic heterocycles. The topological polar surface area (TPSA) is 143 Å². The van der Waals surface area contributed by atoms with E-state index in [0.29, 0.717) is 11.1 Å². The van der Waals surface area contributed by atoms with Gasteiger partial charge < -0.3 is 43.4 Å². The Balaban J connectivity index is 1.30. The van der Waals surface area contributed by atoms with Gasteiger partial charge in [0.2, 0.25) is 0 Å². The molecule has 0 radical (unpaired) electrons. The zero-order valence-corrected chi connectivity index (χ0v) is 29.6. The second-order valence-corrected chi connectivity index (χ2v) is 15.4. The molecule has 4 aliphatic heterocycles. The number of fused-ring (bicyclic) bond motifs is 3. The van der Waals surface area contributed by atoms with Gasteiger partial charge in [0, 0.05) is 37.7 Å². The molecule has 2 N–H and O–H groups in total. The first-order chi connectivity index (χ1) is 23.2. The lowest BCUT2D eigenvalue weighted by molar-refractivity contribution is -0.409. The van der Waals surface area contributed by atoms with E-state index in [1.165, 1.54) is 52.4 Å². The highest BCUT2D eigenvalue weighted by molar-refractivity contribution is 6.06. The van der Waals surface area contributed by atoms with Crippen LogP contribution >= 0.6 is 0 Å². The molecule has 2 saturated carbocycles. The molecule has 7 rings (SSSR count). The fourth-order valence-electron chi connectivity index (χ4n) is 10.2. The van der Waals surface area contributed by atoms with Crippen LogP contribution in [-0.4, -0.2) is 87.3 Å². The van der Waals surface area contributed by atoms with E-state index >= 15 is 0 Å². The highest BCUT2D eigenvalue weighted by Crippen LogP contribution is 2.75. The van der Waals surface area contributed by atoms with Gasteiger partial charge in [-0.25, -0.2) is 0 Å². The van der Waals surface area contributed by atoms with Gasteiger partial charge in [0.15, 0.2) is 17.0 Å². The smallest absolute Gasteiger partial charge is 0.307 e.